The van der Waals surface area contributed by atoms with E-state index in [4.69, 9.17) is 9.84 Å². The number of ether oxygens (including phenoxy) is 1. The summed E-state index contributed by atoms with van der Waals surface area (Å²) < 4.78 is 31.6. The monoisotopic (exact) mass is 321 g/mol. The number of hydrogen-bond acceptors (Lipinski definition) is 3. The molecule has 5 nitrogen and oxygen atoms in total. The van der Waals surface area contributed by atoms with E-state index >= 15 is 0 Å². The molecule has 0 radical (unpaired) electrons. The fourth-order valence-electron chi connectivity index (χ4n) is 1.86. The third-order valence-electron chi connectivity index (χ3n) is 2.94. The highest BCUT2D eigenvalue weighted by Crippen LogP contribution is 2.20. The molecule has 0 heterocycles. The Balaban J connectivity index is 2.12. The minimum Gasteiger partial charge on any atom is -0.481 e. The molecule has 2 aromatic carbocycles. The number of carbonyl (C=O) groups excluding carboxylic acids is 1. The molecule has 0 saturated heterocycles. The van der Waals surface area contributed by atoms with Crippen molar-refractivity contribution >= 4 is 11.9 Å². The van der Waals surface area contributed by atoms with Crippen molar-refractivity contribution in [2.24, 2.45) is 0 Å². The lowest BCUT2D eigenvalue weighted by Crippen LogP contribution is -2.24. The number of carboxylic acids is 1. The van der Waals surface area contributed by atoms with Crippen molar-refractivity contribution in [3.63, 3.8) is 0 Å². The van der Waals surface area contributed by atoms with Crippen LogP contribution in [0.15, 0.2) is 42.5 Å². The van der Waals surface area contributed by atoms with Crippen LogP contribution in [0.4, 0.5) is 8.78 Å². The first kappa shape index (κ1) is 16.4. The molecule has 0 bridgehead atoms. The highest BCUT2D eigenvalue weighted by atomic mass is 19.1. The number of carboxylic acid groups (broad SMARTS) is 1. The summed E-state index contributed by atoms with van der Waals surface area (Å²) >= 11 is 0. The van der Waals surface area contributed by atoms with Gasteiger partial charge in [0.25, 0.3) is 5.91 Å². The van der Waals surface area contributed by atoms with Gasteiger partial charge in [-0.2, -0.15) is 0 Å². The summed E-state index contributed by atoms with van der Waals surface area (Å²) in [6.45, 7) is -0.779. The van der Waals surface area contributed by atoms with E-state index in [0.717, 1.165) is 12.1 Å². The van der Waals surface area contributed by atoms with E-state index in [-0.39, 0.29) is 23.4 Å². The predicted molar refractivity (Wildman–Crippen MR) is 77.1 cm³/mol. The first-order valence-corrected chi connectivity index (χ1v) is 6.63. The Hall–Kier alpha value is -2.96. The van der Waals surface area contributed by atoms with Gasteiger partial charge >= 0.3 is 5.97 Å². The van der Waals surface area contributed by atoms with E-state index < -0.39 is 30.1 Å². The van der Waals surface area contributed by atoms with Crippen LogP contribution in [0.2, 0.25) is 0 Å². The van der Waals surface area contributed by atoms with Crippen molar-refractivity contribution in [3.8, 4) is 5.75 Å². The van der Waals surface area contributed by atoms with Crippen LogP contribution in [0.3, 0.4) is 0 Å². The van der Waals surface area contributed by atoms with Gasteiger partial charge in [-0.25, -0.2) is 13.6 Å². The summed E-state index contributed by atoms with van der Waals surface area (Å²) in [5, 5.41) is 11.1. The minimum absolute atomic E-state index is 0.0380. The summed E-state index contributed by atoms with van der Waals surface area (Å²) in [6, 6.07) is 9.07. The summed E-state index contributed by atoms with van der Waals surface area (Å²) in [6.07, 6.45) is 0. The largest absolute Gasteiger partial charge is 0.481 e. The van der Waals surface area contributed by atoms with E-state index in [2.05, 4.69) is 5.32 Å². The molecule has 0 fully saturated rings. The second-order valence-corrected chi connectivity index (χ2v) is 4.60. The first-order chi connectivity index (χ1) is 11.0. The molecule has 7 heteroatoms. The van der Waals surface area contributed by atoms with Crippen LogP contribution in [0.25, 0.3) is 0 Å². The van der Waals surface area contributed by atoms with Gasteiger partial charge in [0.15, 0.2) is 6.61 Å². The van der Waals surface area contributed by atoms with Gasteiger partial charge in [-0.15, -0.1) is 0 Å². The zero-order valence-corrected chi connectivity index (χ0v) is 11.9. The van der Waals surface area contributed by atoms with E-state index in [1.807, 2.05) is 0 Å². The molecule has 2 rings (SSSR count). The van der Waals surface area contributed by atoms with Gasteiger partial charge in [-0.05, 0) is 18.2 Å². The fraction of sp³-hybridized carbons (Fsp3) is 0.125. The maximum atomic E-state index is 13.5. The SMILES string of the molecule is O=C(O)COc1cc(F)ccc1C(=O)NCc1ccccc1F. The number of aliphatic carboxylic acids is 1. The number of hydrogen-bond donors (Lipinski definition) is 2. The lowest BCUT2D eigenvalue weighted by Gasteiger charge is -2.11. The molecule has 120 valence electrons. The zero-order valence-electron chi connectivity index (χ0n) is 11.9. The van der Waals surface area contributed by atoms with Gasteiger partial charge in [0.05, 0.1) is 5.56 Å². The Morgan fingerprint density at radius 3 is 2.57 bits per heavy atom. The molecule has 0 aliphatic rings. The minimum atomic E-state index is -1.26. The molecule has 0 aliphatic carbocycles. The molecule has 0 atom stereocenters. The number of amides is 1. The van der Waals surface area contributed by atoms with Crippen LogP contribution in [0.5, 0.6) is 5.75 Å². The van der Waals surface area contributed by atoms with Crippen LogP contribution < -0.4 is 10.1 Å². The van der Waals surface area contributed by atoms with Crippen molar-refractivity contribution in [2.75, 3.05) is 6.61 Å². The Morgan fingerprint density at radius 1 is 1.13 bits per heavy atom. The quantitative estimate of drug-likeness (QED) is 0.856. The maximum absolute atomic E-state index is 13.5. The van der Waals surface area contributed by atoms with Crippen molar-refractivity contribution in [3.05, 3.63) is 65.2 Å². The Kier molecular flexibility index (Phi) is 5.24. The topological polar surface area (TPSA) is 75.6 Å². The number of nitrogens with one attached hydrogen (secondary N) is 1. The van der Waals surface area contributed by atoms with Crippen LogP contribution in [-0.4, -0.2) is 23.6 Å². The first-order valence-electron chi connectivity index (χ1n) is 6.63. The Bertz CT molecular complexity index is 734. The fourth-order valence-corrected chi connectivity index (χ4v) is 1.86. The van der Waals surface area contributed by atoms with E-state index in [1.54, 1.807) is 6.07 Å². The van der Waals surface area contributed by atoms with Crippen LogP contribution in [0, 0.1) is 11.6 Å². The summed E-state index contributed by atoms with van der Waals surface area (Å²) in [4.78, 5) is 22.6. The van der Waals surface area contributed by atoms with Gasteiger partial charge in [-0.3, -0.25) is 4.79 Å². The number of halogens is 2. The maximum Gasteiger partial charge on any atom is 0.341 e. The standard InChI is InChI=1S/C16H13F2NO4/c17-11-5-6-12(14(7-11)23-9-15(20)21)16(22)19-8-10-3-1-2-4-13(10)18/h1-7H,8-9H2,(H,19,22)(H,20,21). The summed E-state index contributed by atoms with van der Waals surface area (Å²) in [7, 11) is 0. The van der Waals surface area contributed by atoms with Gasteiger partial charge < -0.3 is 15.2 Å². The molecule has 0 aromatic heterocycles. The average molecular weight is 321 g/mol. The summed E-state index contributed by atoms with van der Waals surface area (Å²) in [5.41, 5.74) is 0.250. The lowest BCUT2D eigenvalue weighted by molar-refractivity contribution is -0.139. The second kappa shape index (κ2) is 7.35. The van der Waals surface area contributed by atoms with Crippen LogP contribution in [-0.2, 0) is 11.3 Å². The zero-order chi connectivity index (χ0) is 16.8. The van der Waals surface area contributed by atoms with Crippen molar-refractivity contribution in [2.45, 2.75) is 6.54 Å². The van der Waals surface area contributed by atoms with Crippen LogP contribution >= 0.6 is 0 Å². The molecule has 0 unspecified atom stereocenters. The molecule has 0 aliphatic heterocycles. The third kappa shape index (κ3) is 4.50. The van der Waals surface area contributed by atoms with E-state index in [9.17, 15) is 18.4 Å². The van der Waals surface area contributed by atoms with Gasteiger partial charge in [0.1, 0.15) is 17.4 Å². The molecule has 2 aromatic rings. The Morgan fingerprint density at radius 2 is 1.87 bits per heavy atom. The lowest BCUT2D eigenvalue weighted by atomic mass is 10.1. The molecule has 0 spiro atoms. The van der Waals surface area contributed by atoms with E-state index in [1.165, 1.54) is 24.3 Å². The van der Waals surface area contributed by atoms with Gasteiger partial charge in [-0.1, -0.05) is 18.2 Å². The Labute approximate surface area is 130 Å². The van der Waals surface area contributed by atoms with Crippen molar-refractivity contribution in [1.82, 2.24) is 5.32 Å². The highest BCUT2D eigenvalue weighted by molar-refractivity contribution is 5.97. The predicted octanol–water partition coefficient (Wildman–Crippen LogP) is 2.36. The number of rotatable bonds is 6. The van der Waals surface area contributed by atoms with Crippen molar-refractivity contribution < 1.29 is 28.2 Å². The molecule has 0 saturated carbocycles. The summed E-state index contributed by atoms with van der Waals surface area (Å²) in [5.74, 6) is -3.22. The molecule has 1 amide bonds. The molecule has 2 N–H and O–H groups in total. The normalized spacial score (nSPS) is 10.2. The van der Waals surface area contributed by atoms with Gasteiger partial charge in [0.2, 0.25) is 0 Å². The average Bonchev–Trinajstić information content (AvgIpc) is 2.52. The number of carbonyl (C=O) groups is 2. The highest BCUT2D eigenvalue weighted by Gasteiger charge is 2.15. The van der Waals surface area contributed by atoms with E-state index in [0.29, 0.717) is 0 Å². The van der Waals surface area contributed by atoms with Crippen molar-refractivity contribution in [1.29, 1.82) is 0 Å². The molecule has 23 heavy (non-hydrogen) atoms. The molecular formula is C16H13F2NO4. The van der Waals surface area contributed by atoms with Crippen LogP contribution in [0.1, 0.15) is 15.9 Å². The third-order valence-corrected chi connectivity index (χ3v) is 2.94. The molecular weight excluding hydrogens is 308 g/mol. The van der Waals surface area contributed by atoms with Gasteiger partial charge in [0, 0.05) is 18.2 Å². The second-order valence-electron chi connectivity index (χ2n) is 4.60. The smallest absolute Gasteiger partial charge is 0.341 e. The number of benzene rings is 2.